The van der Waals surface area contributed by atoms with Gasteiger partial charge in [-0.05, 0) is 57.2 Å². The smallest absolute Gasteiger partial charge is 0.410 e. The van der Waals surface area contributed by atoms with E-state index in [1.54, 1.807) is 63.2 Å². The van der Waals surface area contributed by atoms with E-state index in [1.165, 1.54) is 24.0 Å². The van der Waals surface area contributed by atoms with Crippen LogP contribution in [-0.4, -0.2) is 80.2 Å². The second-order valence-corrected chi connectivity index (χ2v) is 15.2. The molecule has 1 aliphatic rings. The van der Waals surface area contributed by atoms with Crippen molar-refractivity contribution in [3.05, 3.63) is 83.1 Å². The highest BCUT2D eigenvalue weighted by molar-refractivity contribution is 7.93. The molecular formula is C33H34ClF2N5O8S2. The minimum Gasteiger partial charge on any atom is -0.497 e. The number of carbonyl (C=O) groups is 2. The molecule has 0 aliphatic carbocycles. The highest BCUT2D eigenvalue weighted by Gasteiger charge is 2.38. The summed E-state index contributed by atoms with van der Waals surface area (Å²) in [5, 5.41) is 0.318. The van der Waals surface area contributed by atoms with E-state index in [9.17, 15) is 18.0 Å². The average molecular weight is 766 g/mol. The zero-order valence-corrected chi connectivity index (χ0v) is 30.5. The van der Waals surface area contributed by atoms with Crippen LogP contribution in [0.3, 0.4) is 0 Å². The van der Waals surface area contributed by atoms with Crippen LogP contribution in [0.25, 0.3) is 0 Å². The minimum absolute atomic E-state index is 0.0779. The SMILES string of the molecule is COc1ccc(CN(c2ncns2)S(=O)(=O)c2cc(F)c(OC[C@H]3CN(C(=O)OC(C)(C)C)CC(=O)N3c3ccc(Cl)cc3)cc2F)c(OC)c1. The molecule has 13 nitrogen and oxygen atoms in total. The first kappa shape index (κ1) is 37.5. The number of piperazine rings is 1. The Balaban J connectivity index is 1.43. The molecule has 272 valence electrons. The summed E-state index contributed by atoms with van der Waals surface area (Å²) < 4.78 is 85.8. The molecule has 2 heterocycles. The molecule has 0 radical (unpaired) electrons. The predicted molar refractivity (Wildman–Crippen MR) is 185 cm³/mol. The summed E-state index contributed by atoms with van der Waals surface area (Å²) in [4.78, 5) is 31.9. The van der Waals surface area contributed by atoms with Crippen LogP contribution in [-0.2, 0) is 26.1 Å². The van der Waals surface area contributed by atoms with E-state index in [-0.39, 0.29) is 30.5 Å². The summed E-state index contributed by atoms with van der Waals surface area (Å²) >= 11 is 6.78. The van der Waals surface area contributed by atoms with Crippen molar-refractivity contribution in [3.8, 4) is 17.2 Å². The standard InChI is InChI=1S/C33H34ClF2N5O8S2/c1-33(2,3)49-32(43)39-16-23(41(30(42)17-39)22-9-7-21(34)8-10-22)18-48-28-13-26(36)29(14-25(28)35)51(44,45)40(31-37-19-38-50-31)15-20-6-11-24(46-4)12-27(20)47-5/h6-14,19,23H,15-18H2,1-5H3/t23-/m1/s1. The van der Waals surface area contributed by atoms with Gasteiger partial charge in [-0.1, -0.05) is 11.6 Å². The zero-order chi connectivity index (χ0) is 37.1. The van der Waals surface area contributed by atoms with Crippen molar-refractivity contribution >= 4 is 56.0 Å². The van der Waals surface area contributed by atoms with Crippen LogP contribution in [0.4, 0.5) is 24.4 Å². The number of methoxy groups -OCH3 is 2. The summed E-state index contributed by atoms with van der Waals surface area (Å²) in [5.41, 5.74) is -0.0278. The van der Waals surface area contributed by atoms with Crippen molar-refractivity contribution in [2.24, 2.45) is 0 Å². The van der Waals surface area contributed by atoms with Crippen LogP contribution >= 0.6 is 23.1 Å². The predicted octanol–water partition coefficient (Wildman–Crippen LogP) is 5.91. The van der Waals surface area contributed by atoms with Gasteiger partial charge in [-0.15, -0.1) is 0 Å². The number of benzene rings is 3. The van der Waals surface area contributed by atoms with Gasteiger partial charge < -0.3 is 23.8 Å². The molecule has 0 unspecified atom stereocenters. The fourth-order valence-corrected chi connectivity index (χ4v) is 7.50. The van der Waals surface area contributed by atoms with Gasteiger partial charge in [0.1, 0.15) is 47.3 Å². The number of rotatable bonds is 11. The average Bonchev–Trinajstić information content (AvgIpc) is 3.61. The van der Waals surface area contributed by atoms with Gasteiger partial charge in [0.15, 0.2) is 11.6 Å². The maximum Gasteiger partial charge on any atom is 0.410 e. The highest BCUT2D eigenvalue weighted by atomic mass is 35.5. The lowest BCUT2D eigenvalue weighted by Crippen LogP contribution is -2.60. The van der Waals surface area contributed by atoms with E-state index in [0.717, 1.165) is 22.2 Å². The van der Waals surface area contributed by atoms with Crippen molar-refractivity contribution in [1.29, 1.82) is 0 Å². The van der Waals surface area contributed by atoms with Gasteiger partial charge in [-0.25, -0.2) is 31.3 Å². The summed E-state index contributed by atoms with van der Waals surface area (Å²) in [6.07, 6.45) is 0.394. The molecule has 2 amide bonds. The number of aromatic nitrogens is 2. The molecule has 0 saturated carbocycles. The summed E-state index contributed by atoms with van der Waals surface area (Å²) in [7, 11) is -1.94. The molecule has 1 aromatic heterocycles. The van der Waals surface area contributed by atoms with Gasteiger partial charge in [0.25, 0.3) is 10.0 Å². The van der Waals surface area contributed by atoms with Crippen LogP contribution in [0.1, 0.15) is 26.3 Å². The van der Waals surface area contributed by atoms with Gasteiger partial charge in [0.2, 0.25) is 11.0 Å². The monoisotopic (exact) mass is 765 g/mol. The molecule has 1 aliphatic heterocycles. The van der Waals surface area contributed by atoms with E-state index < -0.39 is 62.6 Å². The van der Waals surface area contributed by atoms with Crippen LogP contribution in [0.2, 0.25) is 5.02 Å². The molecule has 0 N–H and O–H groups in total. The molecule has 18 heteroatoms. The van der Waals surface area contributed by atoms with Gasteiger partial charge >= 0.3 is 6.09 Å². The number of carbonyl (C=O) groups excluding carboxylic acids is 2. The van der Waals surface area contributed by atoms with Crippen molar-refractivity contribution in [2.45, 2.75) is 43.9 Å². The molecule has 0 bridgehead atoms. The third kappa shape index (κ3) is 8.60. The van der Waals surface area contributed by atoms with E-state index in [2.05, 4.69) is 9.36 Å². The molecule has 1 saturated heterocycles. The van der Waals surface area contributed by atoms with Crippen molar-refractivity contribution in [1.82, 2.24) is 14.3 Å². The van der Waals surface area contributed by atoms with E-state index in [4.69, 9.17) is 30.5 Å². The van der Waals surface area contributed by atoms with Crippen LogP contribution < -0.4 is 23.4 Å². The van der Waals surface area contributed by atoms with Gasteiger partial charge in [0, 0.05) is 52.5 Å². The lowest BCUT2D eigenvalue weighted by atomic mass is 10.1. The Bertz CT molecular complexity index is 2000. The molecule has 5 rings (SSSR count). The topological polar surface area (TPSA) is 141 Å². The lowest BCUT2D eigenvalue weighted by molar-refractivity contribution is -0.122. The minimum atomic E-state index is -4.79. The van der Waals surface area contributed by atoms with Crippen molar-refractivity contribution in [2.75, 3.05) is 43.1 Å². The molecule has 1 fully saturated rings. The number of sulfonamides is 1. The van der Waals surface area contributed by atoms with Crippen LogP contribution in [0.15, 0.2) is 65.8 Å². The van der Waals surface area contributed by atoms with Gasteiger partial charge in [0.05, 0.1) is 26.8 Å². The molecule has 1 atom stereocenters. The Hall–Kier alpha value is -4.74. The molecular weight excluding hydrogens is 732 g/mol. The maximum absolute atomic E-state index is 15.8. The zero-order valence-electron chi connectivity index (χ0n) is 28.1. The summed E-state index contributed by atoms with van der Waals surface area (Å²) in [6, 6.07) is 11.3. The largest absolute Gasteiger partial charge is 0.497 e. The number of anilines is 2. The van der Waals surface area contributed by atoms with Crippen molar-refractivity contribution < 1.29 is 45.7 Å². The van der Waals surface area contributed by atoms with E-state index in [0.29, 0.717) is 34.2 Å². The Labute approximate surface area is 302 Å². The first-order valence-electron chi connectivity index (χ1n) is 15.3. The van der Waals surface area contributed by atoms with Gasteiger partial charge in [-0.2, -0.15) is 4.37 Å². The first-order chi connectivity index (χ1) is 24.1. The van der Waals surface area contributed by atoms with E-state index >= 15 is 8.78 Å². The Kier molecular flexibility index (Phi) is 11.2. The maximum atomic E-state index is 15.8. The Morgan fingerprint density at radius 3 is 2.39 bits per heavy atom. The number of hydrogen-bond acceptors (Lipinski definition) is 11. The molecule has 51 heavy (non-hydrogen) atoms. The third-order valence-corrected chi connectivity index (χ3v) is 10.3. The van der Waals surface area contributed by atoms with Crippen LogP contribution in [0.5, 0.6) is 17.2 Å². The quantitative estimate of drug-likeness (QED) is 0.181. The lowest BCUT2D eigenvalue weighted by Gasteiger charge is -2.41. The molecule has 4 aromatic rings. The molecule has 3 aromatic carbocycles. The summed E-state index contributed by atoms with van der Waals surface area (Å²) in [6.45, 7) is 3.88. The normalized spacial score (nSPS) is 15.1. The molecule has 0 spiro atoms. The fraction of sp³-hybridized carbons (Fsp3) is 0.333. The number of hydrogen-bond donors (Lipinski definition) is 0. The Morgan fingerprint density at radius 2 is 1.76 bits per heavy atom. The number of nitrogens with zero attached hydrogens (tertiary/aromatic N) is 5. The number of amides is 2. The van der Waals surface area contributed by atoms with Gasteiger partial charge in [-0.3, -0.25) is 9.69 Å². The highest BCUT2D eigenvalue weighted by Crippen LogP contribution is 2.34. The third-order valence-electron chi connectivity index (χ3n) is 7.50. The second-order valence-electron chi connectivity index (χ2n) is 12.2. The summed E-state index contributed by atoms with van der Waals surface area (Å²) in [5.74, 6) is -2.87. The van der Waals surface area contributed by atoms with E-state index in [1.807, 2.05) is 0 Å². The number of halogens is 3. The second kappa shape index (κ2) is 15.2. The Morgan fingerprint density at radius 1 is 1.04 bits per heavy atom. The van der Waals surface area contributed by atoms with Crippen molar-refractivity contribution in [3.63, 3.8) is 0 Å². The number of ether oxygens (including phenoxy) is 4. The van der Waals surface area contributed by atoms with Crippen LogP contribution in [0, 0.1) is 11.6 Å². The fourth-order valence-electron chi connectivity index (χ4n) is 5.19. The first-order valence-corrected chi connectivity index (χ1v) is 17.9.